The van der Waals surface area contributed by atoms with E-state index in [0.717, 1.165) is 16.5 Å². The van der Waals surface area contributed by atoms with Crippen molar-refractivity contribution in [3.05, 3.63) is 50.3 Å². The van der Waals surface area contributed by atoms with Crippen LogP contribution in [0.5, 0.6) is 0 Å². The molecule has 0 aliphatic rings. The van der Waals surface area contributed by atoms with E-state index in [1.165, 1.54) is 6.07 Å². The highest BCUT2D eigenvalue weighted by atomic mass is 32.2. The number of carbonyl (C=O) groups excluding carboxylic acids is 1. The van der Waals surface area contributed by atoms with Gasteiger partial charge in [0.05, 0.1) is 12.2 Å². The van der Waals surface area contributed by atoms with Crippen LogP contribution in [0, 0.1) is 0 Å². The maximum absolute atomic E-state index is 12.0. The predicted octanol–water partition coefficient (Wildman–Crippen LogP) is 2.12. The molecule has 0 aliphatic carbocycles. The van der Waals surface area contributed by atoms with Crippen molar-refractivity contribution in [1.82, 2.24) is 14.9 Å². The Hall–Kier alpha value is -1.60. The SMILES string of the molecule is CCn1ccc(C(=O)NCc2csc(CSC)n2)cc1=O. The molecule has 2 rings (SSSR count). The van der Waals surface area contributed by atoms with E-state index in [-0.39, 0.29) is 11.5 Å². The molecular formula is C14H17N3O2S2. The summed E-state index contributed by atoms with van der Waals surface area (Å²) in [5, 5.41) is 5.78. The molecule has 0 bridgehead atoms. The van der Waals surface area contributed by atoms with Crippen LogP contribution in [0.1, 0.15) is 28.0 Å². The van der Waals surface area contributed by atoms with Crippen LogP contribution in [-0.2, 0) is 18.8 Å². The van der Waals surface area contributed by atoms with E-state index in [9.17, 15) is 9.59 Å². The van der Waals surface area contributed by atoms with Crippen molar-refractivity contribution < 1.29 is 4.79 Å². The first-order valence-electron chi connectivity index (χ1n) is 6.55. The van der Waals surface area contributed by atoms with Crippen molar-refractivity contribution in [3.8, 4) is 0 Å². The zero-order chi connectivity index (χ0) is 15.2. The molecule has 0 radical (unpaired) electrons. The zero-order valence-corrected chi connectivity index (χ0v) is 13.6. The third kappa shape index (κ3) is 4.18. The van der Waals surface area contributed by atoms with Gasteiger partial charge in [0.1, 0.15) is 5.01 Å². The largest absolute Gasteiger partial charge is 0.346 e. The third-order valence-electron chi connectivity index (χ3n) is 2.90. The fourth-order valence-electron chi connectivity index (χ4n) is 1.80. The molecule has 21 heavy (non-hydrogen) atoms. The molecule has 5 nitrogen and oxygen atoms in total. The summed E-state index contributed by atoms with van der Waals surface area (Å²) in [6, 6.07) is 3.01. The minimum atomic E-state index is -0.255. The van der Waals surface area contributed by atoms with Crippen LogP contribution < -0.4 is 10.9 Å². The Morgan fingerprint density at radius 1 is 1.52 bits per heavy atom. The summed E-state index contributed by atoms with van der Waals surface area (Å²) >= 11 is 3.31. The highest BCUT2D eigenvalue weighted by Gasteiger charge is 2.08. The molecule has 1 N–H and O–H groups in total. The molecule has 2 aromatic heterocycles. The topological polar surface area (TPSA) is 64.0 Å². The van der Waals surface area contributed by atoms with E-state index in [2.05, 4.69) is 10.3 Å². The lowest BCUT2D eigenvalue weighted by Gasteiger charge is -2.05. The Balaban J connectivity index is 1.97. The Labute approximate surface area is 131 Å². The molecule has 0 atom stereocenters. The number of aromatic nitrogens is 2. The molecule has 0 aliphatic heterocycles. The van der Waals surface area contributed by atoms with E-state index >= 15 is 0 Å². The number of hydrogen-bond acceptors (Lipinski definition) is 5. The molecule has 0 saturated carbocycles. The summed E-state index contributed by atoms with van der Waals surface area (Å²) in [5.41, 5.74) is 1.06. The van der Waals surface area contributed by atoms with E-state index in [0.29, 0.717) is 18.7 Å². The third-order valence-corrected chi connectivity index (χ3v) is 4.54. The van der Waals surface area contributed by atoms with E-state index in [1.807, 2.05) is 18.6 Å². The van der Waals surface area contributed by atoms with Crippen molar-refractivity contribution in [1.29, 1.82) is 0 Å². The Kier molecular flexibility index (Phi) is 5.58. The fourth-order valence-corrected chi connectivity index (χ4v) is 3.32. The molecule has 2 heterocycles. The summed E-state index contributed by atoms with van der Waals surface area (Å²) in [7, 11) is 0. The number of amides is 1. The lowest BCUT2D eigenvalue weighted by Crippen LogP contribution is -2.26. The second kappa shape index (κ2) is 7.42. The summed E-state index contributed by atoms with van der Waals surface area (Å²) < 4.78 is 1.55. The zero-order valence-electron chi connectivity index (χ0n) is 12.0. The maximum Gasteiger partial charge on any atom is 0.251 e. The van der Waals surface area contributed by atoms with E-state index in [4.69, 9.17) is 0 Å². The molecule has 0 unspecified atom stereocenters. The van der Waals surface area contributed by atoms with E-state index in [1.54, 1.807) is 39.9 Å². The maximum atomic E-state index is 12.0. The van der Waals surface area contributed by atoms with Crippen molar-refractivity contribution >= 4 is 29.0 Å². The normalized spacial score (nSPS) is 10.6. The summed E-state index contributed by atoms with van der Waals surface area (Å²) in [6.45, 7) is 2.86. The number of thiazole rings is 1. The molecule has 0 saturated heterocycles. The van der Waals surface area contributed by atoms with Crippen LogP contribution >= 0.6 is 23.1 Å². The second-order valence-corrected chi connectivity index (χ2v) is 6.20. The average Bonchev–Trinajstić information content (AvgIpc) is 2.93. The molecule has 112 valence electrons. The molecule has 2 aromatic rings. The number of hydrogen-bond donors (Lipinski definition) is 1. The summed E-state index contributed by atoms with van der Waals surface area (Å²) in [6.07, 6.45) is 3.66. The lowest BCUT2D eigenvalue weighted by atomic mass is 10.2. The van der Waals surface area contributed by atoms with Crippen LogP contribution in [0.25, 0.3) is 0 Å². The summed E-state index contributed by atoms with van der Waals surface area (Å²) in [4.78, 5) is 28.1. The number of nitrogens with zero attached hydrogens (tertiary/aromatic N) is 2. The van der Waals surface area contributed by atoms with Crippen molar-refractivity contribution in [3.63, 3.8) is 0 Å². The van der Waals surface area contributed by atoms with Crippen LogP contribution in [0.15, 0.2) is 28.5 Å². The van der Waals surface area contributed by atoms with Gasteiger partial charge in [-0.3, -0.25) is 9.59 Å². The van der Waals surface area contributed by atoms with Gasteiger partial charge in [0.25, 0.3) is 11.5 Å². The van der Waals surface area contributed by atoms with Gasteiger partial charge in [-0.15, -0.1) is 11.3 Å². The number of carbonyl (C=O) groups is 1. The lowest BCUT2D eigenvalue weighted by molar-refractivity contribution is 0.0950. The van der Waals surface area contributed by atoms with Gasteiger partial charge in [-0.05, 0) is 19.2 Å². The fraction of sp³-hybridized carbons (Fsp3) is 0.357. The number of nitrogens with one attached hydrogen (secondary N) is 1. The molecule has 1 amide bonds. The Morgan fingerprint density at radius 2 is 2.33 bits per heavy atom. The number of thioether (sulfide) groups is 1. The van der Waals surface area contributed by atoms with Gasteiger partial charge in [0.15, 0.2) is 0 Å². The van der Waals surface area contributed by atoms with Gasteiger partial charge in [0.2, 0.25) is 0 Å². The first-order chi connectivity index (χ1) is 10.1. The van der Waals surface area contributed by atoms with Gasteiger partial charge >= 0.3 is 0 Å². The molecule has 0 spiro atoms. The number of pyridine rings is 1. The predicted molar refractivity (Wildman–Crippen MR) is 86.9 cm³/mol. The van der Waals surface area contributed by atoms with Crippen LogP contribution in [0.2, 0.25) is 0 Å². The molecule has 0 aromatic carbocycles. The van der Waals surface area contributed by atoms with Gasteiger partial charge in [-0.1, -0.05) is 0 Å². The smallest absolute Gasteiger partial charge is 0.251 e. The standard InChI is InChI=1S/C14H17N3O2S2/c1-3-17-5-4-10(6-13(17)18)14(19)15-7-11-8-21-12(16-11)9-20-2/h4-6,8H,3,7,9H2,1-2H3,(H,15,19). The van der Waals surface area contributed by atoms with Gasteiger partial charge in [0, 0.05) is 35.5 Å². The van der Waals surface area contributed by atoms with Gasteiger partial charge in [-0.2, -0.15) is 11.8 Å². The van der Waals surface area contributed by atoms with Crippen molar-refractivity contribution in [2.24, 2.45) is 0 Å². The van der Waals surface area contributed by atoms with Crippen LogP contribution in [0.4, 0.5) is 0 Å². The number of aryl methyl sites for hydroxylation is 1. The first kappa shape index (κ1) is 15.8. The van der Waals surface area contributed by atoms with Gasteiger partial charge in [-0.25, -0.2) is 4.98 Å². The number of rotatable bonds is 6. The van der Waals surface area contributed by atoms with Crippen LogP contribution in [0.3, 0.4) is 0 Å². The monoisotopic (exact) mass is 323 g/mol. The van der Waals surface area contributed by atoms with E-state index < -0.39 is 0 Å². The minimum Gasteiger partial charge on any atom is -0.346 e. The minimum absolute atomic E-state index is 0.166. The molecule has 0 fully saturated rings. The molecule has 7 heteroatoms. The van der Waals surface area contributed by atoms with Gasteiger partial charge < -0.3 is 9.88 Å². The second-order valence-electron chi connectivity index (χ2n) is 4.39. The Bertz CT molecular complexity index is 679. The average molecular weight is 323 g/mol. The van der Waals surface area contributed by atoms with Crippen LogP contribution in [-0.4, -0.2) is 21.7 Å². The van der Waals surface area contributed by atoms with Crippen molar-refractivity contribution in [2.75, 3.05) is 6.26 Å². The first-order valence-corrected chi connectivity index (χ1v) is 8.82. The highest BCUT2D eigenvalue weighted by Crippen LogP contribution is 2.14. The Morgan fingerprint density at radius 3 is 3.00 bits per heavy atom. The van der Waals surface area contributed by atoms with Crippen molar-refractivity contribution in [2.45, 2.75) is 25.8 Å². The summed E-state index contributed by atoms with van der Waals surface area (Å²) in [5.74, 6) is 0.628. The molecular weight excluding hydrogens is 306 g/mol. The quantitative estimate of drug-likeness (QED) is 0.884. The highest BCUT2D eigenvalue weighted by molar-refractivity contribution is 7.97.